The van der Waals surface area contributed by atoms with E-state index in [1.54, 1.807) is 12.1 Å². The van der Waals surface area contributed by atoms with Gasteiger partial charge in [0.2, 0.25) is 0 Å². The summed E-state index contributed by atoms with van der Waals surface area (Å²) in [6.45, 7) is 0. The molecule has 0 aliphatic rings. The third-order valence-electron chi connectivity index (χ3n) is 1.21. The van der Waals surface area contributed by atoms with Crippen molar-refractivity contribution in [2.24, 2.45) is 0 Å². The van der Waals surface area contributed by atoms with Gasteiger partial charge in [-0.3, -0.25) is 0 Å². The van der Waals surface area contributed by atoms with Crippen molar-refractivity contribution >= 4 is 18.0 Å². The van der Waals surface area contributed by atoms with E-state index in [1.807, 2.05) is 0 Å². The molecule has 1 rings (SSSR count). The van der Waals surface area contributed by atoms with Gasteiger partial charge in [0, 0.05) is 4.90 Å². The highest BCUT2D eigenvalue weighted by atomic mass is 32.2. The van der Waals surface area contributed by atoms with Gasteiger partial charge in [0.25, 0.3) is 0 Å². The minimum atomic E-state index is -1.00. The van der Waals surface area contributed by atoms with Gasteiger partial charge in [0.1, 0.15) is 0 Å². The van der Waals surface area contributed by atoms with E-state index in [1.165, 1.54) is 12.1 Å². The fourth-order valence-corrected chi connectivity index (χ4v) is 1.12. The first-order valence-corrected chi connectivity index (χ1v) is 3.79. The quantitative estimate of drug-likeness (QED) is 0.428. The summed E-state index contributed by atoms with van der Waals surface area (Å²) < 4.78 is 3.79. The van der Waals surface area contributed by atoms with Crippen LogP contribution in [0, 0.1) is 0 Å². The topological polar surface area (TPSA) is 66.8 Å². The highest BCUT2D eigenvalue weighted by Gasteiger charge is 2.03. The van der Waals surface area contributed by atoms with Gasteiger partial charge < -0.3 is 5.11 Å². The first kappa shape index (κ1) is 9.05. The Morgan fingerprint density at radius 2 is 2.25 bits per heavy atom. The van der Waals surface area contributed by atoms with E-state index in [-0.39, 0.29) is 5.56 Å². The molecule has 12 heavy (non-hydrogen) atoms. The van der Waals surface area contributed by atoms with Crippen molar-refractivity contribution < 1.29 is 19.5 Å². The van der Waals surface area contributed by atoms with Gasteiger partial charge in [-0.2, -0.15) is 4.33 Å². The maximum absolute atomic E-state index is 10.4. The van der Waals surface area contributed by atoms with Crippen LogP contribution in [-0.4, -0.2) is 16.3 Å². The van der Waals surface area contributed by atoms with Crippen LogP contribution in [0.1, 0.15) is 10.4 Å². The highest BCUT2D eigenvalue weighted by molar-refractivity contribution is 7.94. The maximum atomic E-state index is 10.4. The van der Waals surface area contributed by atoms with E-state index in [2.05, 4.69) is 4.33 Å². The summed E-state index contributed by atoms with van der Waals surface area (Å²) in [4.78, 5) is 11.0. The SMILES string of the molecule is O=C(O)c1cccc(SOO)c1. The highest BCUT2D eigenvalue weighted by Crippen LogP contribution is 2.18. The zero-order chi connectivity index (χ0) is 8.97. The lowest BCUT2D eigenvalue weighted by Crippen LogP contribution is -1.95. The molecule has 0 bridgehead atoms. The van der Waals surface area contributed by atoms with Gasteiger partial charge in [0.05, 0.1) is 17.6 Å². The van der Waals surface area contributed by atoms with Crippen molar-refractivity contribution in [2.75, 3.05) is 0 Å². The molecular weight excluding hydrogens is 180 g/mol. The molecule has 0 saturated heterocycles. The molecule has 1 aromatic carbocycles. The molecule has 1 aromatic rings. The van der Waals surface area contributed by atoms with Crippen molar-refractivity contribution in [1.82, 2.24) is 0 Å². The summed E-state index contributed by atoms with van der Waals surface area (Å²) in [7, 11) is 0. The van der Waals surface area contributed by atoms with Gasteiger partial charge in [0.15, 0.2) is 0 Å². The predicted octanol–water partition coefficient (Wildman–Crippen LogP) is 1.88. The van der Waals surface area contributed by atoms with E-state index in [4.69, 9.17) is 10.4 Å². The van der Waals surface area contributed by atoms with Gasteiger partial charge in [-0.1, -0.05) is 6.07 Å². The Kier molecular flexibility index (Phi) is 3.09. The molecule has 0 aromatic heterocycles. The molecule has 4 nitrogen and oxygen atoms in total. The Morgan fingerprint density at radius 1 is 1.50 bits per heavy atom. The van der Waals surface area contributed by atoms with Crippen LogP contribution in [0.5, 0.6) is 0 Å². The van der Waals surface area contributed by atoms with Gasteiger partial charge in [-0.15, -0.1) is 0 Å². The number of benzene rings is 1. The third kappa shape index (κ3) is 2.23. The Balaban J connectivity index is 2.88. The minimum absolute atomic E-state index is 0.164. The van der Waals surface area contributed by atoms with Crippen LogP contribution < -0.4 is 0 Å². The van der Waals surface area contributed by atoms with E-state index in [9.17, 15) is 4.79 Å². The van der Waals surface area contributed by atoms with Gasteiger partial charge >= 0.3 is 5.97 Å². The maximum Gasteiger partial charge on any atom is 0.335 e. The molecule has 0 aliphatic carbocycles. The fourth-order valence-electron chi connectivity index (χ4n) is 0.724. The van der Waals surface area contributed by atoms with Crippen molar-refractivity contribution in [3.8, 4) is 0 Å². The van der Waals surface area contributed by atoms with Crippen LogP contribution in [0.3, 0.4) is 0 Å². The molecule has 64 valence electrons. The molecule has 0 spiro atoms. The summed E-state index contributed by atoms with van der Waals surface area (Å²) in [5.74, 6) is -1.00. The molecule has 2 N–H and O–H groups in total. The standard InChI is InChI=1S/C7H6O4S/c8-7(9)5-2-1-3-6(4-5)12-11-10/h1-4,10H,(H,8,9). The third-order valence-corrected chi connectivity index (χ3v) is 1.74. The molecule has 0 saturated carbocycles. The van der Waals surface area contributed by atoms with Crippen molar-refractivity contribution in [3.05, 3.63) is 29.8 Å². The lowest BCUT2D eigenvalue weighted by molar-refractivity contribution is -0.116. The average Bonchev–Trinajstić information content (AvgIpc) is 2.05. The van der Waals surface area contributed by atoms with Crippen LogP contribution in [0.15, 0.2) is 29.2 Å². The predicted molar refractivity (Wildman–Crippen MR) is 43.0 cm³/mol. The molecular formula is C7H6O4S. The number of rotatable bonds is 3. The zero-order valence-electron chi connectivity index (χ0n) is 5.93. The second-order valence-corrected chi connectivity index (χ2v) is 2.78. The van der Waals surface area contributed by atoms with E-state index in [0.717, 1.165) is 0 Å². The number of hydrogen-bond donors (Lipinski definition) is 2. The Labute approximate surface area is 72.9 Å². The number of aromatic carboxylic acids is 1. The van der Waals surface area contributed by atoms with Gasteiger partial charge in [-0.05, 0) is 18.2 Å². The van der Waals surface area contributed by atoms with E-state index >= 15 is 0 Å². The molecule has 0 amide bonds. The van der Waals surface area contributed by atoms with Crippen LogP contribution in [-0.2, 0) is 4.33 Å². The fraction of sp³-hybridized carbons (Fsp3) is 0. The molecule has 0 radical (unpaired) electrons. The van der Waals surface area contributed by atoms with Crippen molar-refractivity contribution in [1.29, 1.82) is 0 Å². The molecule has 0 heterocycles. The second kappa shape index (κ2) is 4.10. The smallest absolute Gasteiger partial charge is 0.335 e. The summed E-state index contributed by atoms with van der Waals surface area (Å²) in [6.07, 6.45) is 0. The van der Waals surface area contributed by atoms with Crippen LogP contribution in [0.4, 0.5) is 0 Å². The Morgan fingerprint density at radius 3 is 2.83 bits per heavy atom. The van der Waals surface area contributed by atoms with Crippen molar-refractivity contribution in [2.45, 2.75) is 4.90 Å². The van der Waals surface area contributed by atoms with Gasteiger partial charge in [-0.25, -0.2) is 10.1 Å². The lowest BCUT2D eigenvalue weighted by atomic mass is 10.2. The number of carboxylic acid groups (broad SMARTS) is 1. The zero-order valence-corrected chi connectivity index (χ0v) is 6.75. The summed E-state index contributed by atoms with van der Waals surface area (Å²) in [5, 5.41) is 16.6. The largest absolute Gasteiger partial charge is 0.478 e. The lowest BCUT2D eigenvalue weighted by Gasteiger charge is -1.97. The van der Waals surface area contributed by atoms with Crippen LogP contribution in [0.2, 0.25) is 0 Å². The average molecular weight is 186 g/mol. The van der Waals surface area contributed by atoms with E-state index < -0.39 is 5.97 Å². The first-order chi connectivity index (χ1) is 5.74. The number of carboxylic acids is 1. The summed E-state index contributed by atoms with van der Waals surface area (Å²) in [5.41, 5.74) is 0.164. The first-order valence-electron chi connectivity index (χ1n) is 3.05. The monoisotopic (exact) mass is 186 g/mol. The summed E-state index contributed by atoms with van der Waals surface area (Å²) in [6, 6.07) is 6.07. The normalized spacial score (nSPS) is 9.75. The van der Waals surface area contributed by atoms with Crippen LogP contribution in [0.25, 0.3) is 0 Å². The Bertz CT molecular complexity index is 286. The minimum Gasteiger partial charge on any atom is -0.478 e. The Hall–Kier alpha value is -1.04. The molecule has 5 heteroatoms. The van der Waals surface area contributed by atoms with E-state index in [0.29, 0.717) is 16.9 Å². The van der Waals surface area contributed by atoms with Crippen LogP contribution >= 0.6 is 12.0 Å². The molecule has 0 atom stereocenters. The molecule has 0 aliphatic heterocycles. The number of hydrogen-bond acceptors (Lipinski definition) is 4. The molecule has 0 unspecified atom stereocenters. The molecule has 0 fully saturated rings. The second-order valence-electron chi connectivity index (χ2n) is 1.99. The number of carbonyl (C=O) groups is 1. The summed E-state index contributed by atoms with van der Waals surface area (Å²) >= 11 is 0.699. The van der Waals surface area contributed by atoms with Crippen molar-refractivity contribution in [3.63, 3.8) is 0 Å².